The van der Waals surface area contributed by atoms with Crippen molar-refractivity contribution >= 4 is 6.16 Å². The lowest BCUT2D eigenvalue weighted by molar-refractivity contribution is 0.142. The first-order valence-corrected chi connectivity index (χ1v) is 3.30. The SMILES string of the molecule is Cc1cccc(O)c1OC(=O)O. The van der Waals surface area contributed by atoms with Crippen molar-refractivity contribution in [2.24, 2.45) is 0 Å². The smallest absolute Gasteiger partial charge is 0.504 e. The lowest BCUT2D eigenvalue weighted by atomic mass is 10.2. The van der Waals surface area contributed by atoms with Gasteiger partial charge < -0.3 is 14.9 Å². The van der Waals surface area contributed by atoms with Gasteiger partial charge in [0.1, 0.15) is 0 Å². The minimum atomic E-state index is -1.43. The molecule has 0 aliphatic rings. The van der Waals surface area contributed by atoms with Crippen molar-refractivity contribution < 1.29 is 19.7 Å². The molecule has 0 heterocycles. The van der Waals surface area contributed by atoms with Crippen molar-refractivity contribution in [1.29, 1.82) is 0 Å². The number of para-hydroxylation sites is 1. The molecule has 12 heavy (non-hydrogen) atoms. The third-order valence-corrected chi connectivity index (χ3v) is 1.38. The third-order valence-electron chi connectivity index (χ3n) is 1.38. The molecule has 1 aromatic rings. The van der Waals surface area contributed by atoms with Gasteiger partial charge in [0.2, 0.25) is 0 Å². The van der Waals surface area contributed by atoms with E-state index in [0.717, 1.165) is 0 Å². The van der Waals surface area contributed by atoms with Crippen LogP contribution in [0.2, 0.25) is 0 Å². The maximum Gasteiger partial charge on any atom is 0.511 e. The summed E-state index contributed by atoms with van der Waals surface area (Å²) in [6, 6.07) is 4.63. The van der Waals surface area contributed by atoms with Crippen LogP contribution in [0.1, 0.15) is 5.56 Å². The number of aromatic hydroxyl groups is 1. The van der Waals surface area contributed by atoms with Crippen molar-refractivity contribution in [3.05, 3.63) is 23.8 Å². The largest absolute Gasteiger partial charge is 0.511 e. The van der Waals surface area contributed by atoms with E-state index in [2.05, 4.69) is 4.74 Å². The summed E-state index contributed by atoms with van der Waals surface area (Å²) in [6.45, 7) is 1.65. The summed E-state index contributed by atoms with van der Waals surface area (Å²) in [5.41, 5.74) is 0.581. The highest BCUT2D eigenvalue weighted by Crippen LogP contribution is 2.28. The molecule has 0 fully saturated rings. The summed E-state index contributed by atoms with van der Waals surface area (Å²) >= 11 is 0. The van der Waals surface area contributed by atoms with Crippen LogP contribution >= 0.6 is 0 Å². The molecule has 2 N–H and O–H groups in total. The number of ether oxygens (including phenoxy) is 1. The van der Waals surface area contributed by atoms with Crippen LogP contribution in [0, 0.1) is 6.92 Å². The number of hydrogen-bond donors (Lipinski definition) is 2. The van der Waals surface area contributed by atoms with Crippen molar-refractivity contribution in [2.75, 3.05) is 0 Å². The van der Waals surface area contributed by atoms with E-state index in [0.29, 0.717) is 5.56 Å². The summed E-state index contributed by atoms with van der Waals surface area (Å²) in [7, 11) is 0. The van der Waals surface area contributed by atoms with Crippen LogP contribution in [0.5, 0.6) is 11.5 Å². The lowest BCUT2D eigenvalue weighted by Gasteiger charge is -2.04. The van der Waals surface area contributed by atoms with Crippen LogP contribution in [0.4, 0.5) is 4.79 Å². The molecule has 0 radical (unpaired) electrons. The highest BCUT2D eigenvalue weighted by Gasteiger charge is 2.08. The molecule has 0 bridgehead atoms. The van der Waals surface area contributed by atoms with E-state index < -0.39 is 6.16 Å². The first kappa shape index (κ1) is 8.39. The van der Waals surface area contributed by atoms with E-state index in [9.17, 15) is 4.79 Å². The standard InChI is InChI=1S/C8H8O4/c1-5-3-2-4-6(9)7(5)12-8(10)11/h2-4,9H,1H3,(H,10,11). The summed E-state index contributed by atoms with van der Waals surface area (Å²) in [4.78, 5) is 10.1. The molecule has 0 atom stereocenters. The minimum absolute atomic E-state index is 0.00926. The molecule has 0 saturated heterocycles. The number of phenolic OH excluding ortho intramolecular Hbond substituents is 1. The zero-order chi connectivity index (χ0) is 9.14. The average molecular weight is 168 g/mol. The van der Waals surface area contributed by atoms with Gasteiger partial charge in [-0.1, -0.05) is 12.1 Å². The fourth-order valence-electron chi connectivity index (χ4n) is 0.857. The number of carboxylic acid groups (broad SMARTS) is 1. The van der Waals surface area contributed by atoms with Gasteiger partial charge in [0.25, 0.3) is 0 Å². The molecule has 0 spiro atoms. The topological polar surface area (TPSA) is 66.8 Å². The third kappa shape index (κ3) is 1.66. The van der Waals surface area contributed by atoms with Crippen molar-refractivity contribution in [3.63, 3.8) is 0 Å². The summed E-state index contributed by atoms with van der Waals surface area (Å²) in [6.07, 6.45) is -1.43. The van der Waals surface area contributed by atoms with Crippen molar-refractivity contribution in [3.8, 4) is 11.5 Å². The van der Waals surface area contributed by atoms with Crippen LogP contribution in [0.3, 0.4) is 0 Å². The van der Waals surface area contributed by atoms with E-state index in [1.165, 1.54) is 6.07 Å². The maximum absolute atomic E-state index is 10.1. The van der Waals surface area contributed by atoms with Gasteiger partial charge in [0.05, 0.1) is 0 Å². The van der Waals surface area contributed by atoms with Crippen LogP contribution in [-0.4, -0.2) is 16.4 Å². The molecule has 0 aliphatic heterocycles. The molecule has 0 saturated carbocycles. The van der Waals surface area contributed by atoms with Crippen molar-refractivity contribution in [1.82, 2.24) is 0 Å². The summed E-state index contributed by atoms with van der Waals surface area (Å²) < 4.78 is 4.34. The molecule has 1 rings (SSSR count). The highest BCUT2D eigenvalue weighted by molar-refractivity contribution is 5.64. The van der Waals surface area contributed by atoms with E-state index >= 15 is 0 Å². The predicted molar refractivity (Wildman–Crippen MR) is 41.5 cm³/mol. The van der Waals surface area contributed by atoms with Crippen LogP contribution < -0.4 is 4.74 Å². The number of carbonyl (C=O) groups is 1. The van der Waals surface area contributed by atoms with Gasteiger partial charge in [-0.3, -0.25) is 0 Å². The van der Waals surface area contributed by atoms with Gasteiger partial charge in [-0.2, -0.15) is 0 Å². The Morgan fingerprint density at radius 3 is 2.67 bits per heavy atom. The number of phenols is 1. The number of hydrogen-bond acceptors (Lipinski definition) is 3. The van der Waals surface area contributed by atoms with E-state index in [-0.39, 0.29) is 11.5 Å². The second-order valence-electron chi connectivity index (χ2n) is 2.29. The van der Waals surface area contributed by atoms with Crippen LogP contribution in [0.15, 0.2) is 18.2 Å². The Balaban J connectivity index is 3.04. The molecule has 0 unspecified atom stereocenters. The second-order valence-corrected chi connectivity index (χ2v) is 2.29. The number of aryl methyl sites for hydroxylation is 1. The van der Waals surface area contributed by atoms with E-state index in [1.807, 2.05) is 0 Å². The molecule has 4 heteroatoms. The first-order chi connectivity index (χ1) is 5.61. The molecule has 0 aromatic heterocycles. The molecule has 0 aliphatic carbocycles. The monoisotopic (exact) mass is 168 g/mol. The van der Waals surface area contributed by atoms with Gasteiger partial charge in [0.15, 0.2) is 11.5 Å². The fourth-order valence-corrected chi connectivity index (χ4v) is 0.857. The average Bonchev–Trinajstić information content (AvgIpc) is 1.97. The van der Waals surface area contributed by atoms with Crippen LogP contribution in [-0.2, 0) is 0 Å². The molecular formula is C8H8O4. The molecule has 0 amide bonds. The zero-order valence-electron chi connectivity index (χ0n) is 6.44. The lowest BCUT2D eigenvalue weighted by Crippen LogP contribution is -2.04. The predicted octanol–water partition coefficient (Wildman–Crippen LogP) is 1.76. The Morgan fingerprint density at radius 2 is 2.17 bits per heavy atom. The van der Waals surface area contributed by atoms with E-state index in [4.69, 9.17) is 10.2 Å². The first-order valence-electron chi connectivity index (χ1n) is 3.30. The Labute approximate surface area is 69.0 Å². The van der Waals surface area contributed by atoms with E-state index in [1.54, 1.807) is 19.1 Å². The summed E-state index contributed by atoms with van der Waals surface area (Å²) in [5, 5.41) is 17.4. The molecule has 1 aromatic carbocycles. The van der Waals surface area contributed by atoms with Gasteiger partial charge in [0, 0.05) is 0 Å². The second kappa shape index (κ2) is 3.13. The fraction of sp³-hybridized carbons (Fsp3) is 0.125. The molecule has 4 nitrogen and oxygen atoms in total. The van der Waals surface area contributed by atoms with Gasteiger partial charge in [-0.05, 0) is 18.6 Å². The Bertz CT molecular complexity index is 286. The summed E-state index contributed by atoms with van der Waals surface area (Å²) in [5.74, 6) is -0.178. The normalized spacial score (nSPS) is 9.42. The van der Waals surface area contributed by atoms with Gasteiger partial charge in [-0.15, -0.1) is 0 Å². The Hall–Kier alpha value is -1.71. The molecular weight excluding hydrogens is 160 g/mol. The minimum Gasteiger partial charge on any atom is -0.504 e. The Morgan fingerprint density at radius 1 is 1.50 bits per heavy atom. The highest BCUT2D eigenvalue weighted by atomic mass is 16.7. The maximum atomic E-state index is 10.1. The van der Waals surface area contributed by atoms with Crippen molar-refractivity contribution in [2.45, 2.75) is 6.92 Å². The van der Waals surface area contributed by atoms with Crippen LogP contribution in [0.25, 0.3) is 0 Å². The number of benzene rings is 1. The molecule has 64 valence electrons. The zero-order valence-corrected chi connectivity index (χ0v) is 6.44. The Kier molecular flexibility index (Phi) is 2.19. The van der Waals surface area contributed by atoms with Gasteiger partial charge in [-0.25, -0.2) is 4.79 Å². The quantitative estimate of drug-likeness (QED) is 0.495. The number of rotatable bonds is 1. The van der Waals surface area contributed by atoms with Gasteiger partial charge >= 0.3 is 6.16 Å².